The zero-order valence-corrected chi connectivity index (χ0v) is 10.4. The summed E-state index contributed by atoms with van der Waals surface area (Å²) >= 11 is 0. The summed E-state index contributed by atoms with van der Waals surface area (Å²) in [6.45, 7) is 2.16. The van der Waals surface area contributed by atoms with Gasteiger partial charge in [0.05, 0.1) is 0 Å². The van der Waals surface area contributed by atoms with Crippen molar-refractivity contribution in [2.75, 3.05) is 6.54 Å². The van der Waals surface area contributed by atoms with Gasteiger partial charge in [-0.3, -0.25) is 4.79 Å². The summed E-state index contributed by atoms with van der Waals surface area (Å²) in [6.07, 6.45) is 2.95. The van der Waals surface area contributed by atoms with Gasteiger partial charge in [0.1, 0.15) is 0 Å². The van der Waals surface area contributed by atoms with Crippen LogP contribution in [-0.2, 0) is 9.59 Å². The minimum Gasteiger partial charge on any atom is -0.479 e. The summed E-state index contributed by atoms with van der Waals surface area (Å²) in [7, 11) is 0. The second-order valence-electron chi connectivity index (χ2n) is 4.62. The first-order valence-corrected chi connectivity index (χ1v) is 6.21. The third kappa shape index (κ3) is 2.53. The Labute approximate surface area is 106 Å². The van der Waals surface area contributed by atoms with Gasteiger partial charge in [-0.2, -0.15) is 0 Å². The molecule has 1 N–H and O–H groups in total. The predicted octanol–water partition coefficient (Wildman–Crippen LogP) is 2.17. The number of likely N-dealkylation sites (N-methyl/N-ethyl adjacent to an activating group) is 1. The Morgan fingerprint density at radius 2 is 2.28 bits per heavy atom. The monoisotopic (exact) mass is 247 g/mol. The van der Waals surface area contributed by atoms with Crippen LogP contribution < -0.4 is 0 Å². The molecule has 0 heterocycles. The quantitative estimate of drug-likeness (QED) is 0.784. The standard InChI is InChI=1S/C14H17NO3/c1-2-15(9-16)13(14(17)18)12-5-3-4-11(8-12)10-6-7-10/h3-5,8-10,13H,2,6-7H2,1H3,(H,17,18). The number of aliphatic carboxylic acids is 1. The summed E-state index contributed by atoms with van der Waals surface area (Å²) in [6, 6.07) is 6.71. The molecule has 1 saturated carbocycles. The van der Waals surface area contributed by atoms with Crippen LogP contribution in [0.25, 0.3) is 0 Å². The lowest BCUT2D eigenvalue weighted by Crippen LogP contribution is -2.32. The molecule has 1 aromatic rings. The molecule has 0 bridgehead atoms. The molecule has 0 aromatic heterocycles. The summed E-state index contributed by atoms with van der Waals surface area (Å²) in [4.78, 5) is 23.6. The third-order valence-electron chi connectivity index (χ3n) is 3.34. The Bertz CT molecular complexity index is 454. The van der Waals surface area contributed by atoms with Crippen LogP contribution in [0.3, 0.4) is 0 Å². The average Bonchev–Trinajstić information content (AvgIpc) is 3.19. The number of carboxylic acids is 1. The molecule has 1 aromatic carbocycles. The lowest BCUT2D eigenvalue weighted by molar-refractivity contribution is -0.146. The Morgan fingerprint density at radius 3 is 2.78 bits per heavy atom. The van der Waals surface area contributed by atoms with E-state index in [1.165, 1.54) is 23.3 Å². The lowest BCUT2D eigenvalue weighted by Gasteiger charge is -2.24. The number of hydrogen-bond donors (Lipinski definition) is 1. The molecule has 96 valence electrons. The molecule has 1 amide bonds. The molecule has 4 nitrogen and oxygen atoms in total. The number of carboxylic acid groups (broad SMARTS) is 1. The van der Waals surface area contributed by atoms with E-state index < -0.39 is 12.0 Å². The maximum Gasteiger partial charge on any atom is 0.331 e. The van der Waals surface area contributed by atoms with E-state index in [0.29, 0.717) is 24.4 Å². The van der Waals surface area contributed by atoms with Crippen molar-refractivity contribution in [3.05, 3.63) is 35.4 Å². The molecule has 0 spiro atoms. The number of nitrogens with zero attached hydrogens (tertiary/aromatic N) is 1. The van der Waals surface area contributed by atoms with Gasteiger partial charge in [0.25, 0.3) is 0 Å². The van der Waals surface area contributed by atoms with Gasteiger partial charge in [0.2, 0.25) is 6.41 Å². The number of amides is 1. The predicted molar refractivity (Wildman–Crippen MR) is 67.2 cm³/mol. The van der Waals surface area contributed by atoms with E-state index in [0.717, 1.165) is 0 Å². The van der Waals surface area contributed by atoms with Gasteiger partial charge >= 0.3 is 5.97 Å². The summed E-state index contributed by atoms with van der Waals surface area (Å²) in [5.41, 5.74) is 1.86. The summed E-state index contributed by atoms with van der Waals surface area (Å²) in [5, 5.41) is 9.30. The van der Waals surface area contributed by atoms with Crippen molar-refractivity contribution in [1.82, 2.24) is 4.90 Å². The topological polar surface area (TPSA) is 57.6 Å². The number of hydrogen-bond acceptors (Lipinski definition) is 2. The molecule has 1 aliphatic carbocycles. The molecule has 1 atom stereocenters. The first kappa shape index (κ1) is 12.6. The average molecular weight is 247 g/mol. The molecule has 0 aliphatic heterocycles. The minimum atomic E-state index is -0.989. The number of carbonyl (C=O) groups excluding carboxylic acids is 1. The number of rotatable bonds is 6. The second kappa shape index (κ2) is 5.21. The summed E-state index contributed by atoms with van der Waals surface area (Å²) < 4.78 is 0. The van der Waals surface area contributed by atoms with E-state index in [9.17, 15) is 14.7 Å². The van der Waals surface area contributed by atoms with Crippen molar-refractivity contribution in [2.24, 2.45) is 0 Å². The molecule has 2 rings (SSSR count). The highest BCUT2D eigenvalue weighted by Gasteiger charge is 2.28. The SMILES string of the molecule is CCN(C=O)C(C(=O)O)c1cccc(C2CC2)c1. The van der Waals surface area contributed by atoms with Crippen molar-refractivity contribution in [1.29, 1.82) is 0 Å². The van der Waals surface area contributed by atoms with Crippen LogP contribution in [0, 0.1) is 0 Å². The first-order valence-electron chi connectivity index (χ1n) is 6.21. The van der Waals surface area contributed by atoms with Gasteiger partial charge in [-0.25, -0.2) is 4.79 Å². The Morgan fingerprint density at radius 1 is 1.56 bits per heavy atom. The first-order chi connectivity index (χ1) is 8.67. The molecule has 0 radical (unpaired) electrons. The van der Waals surface area contributed by atoms with Crippen LogP contribution in [0.15, 0.2) is 24.3 Å². The number of benzene rings is 1. The fraction of sp³-hybridized carbons (Fsp3) is 0.429. The highest BCUT2D eigenvalue weighted by atomic mass is 16.4. The van der Waals surface area contributed by atoms with E-state index in [1.54, 1.807) is 13.0 Å². The zero-order valence-electron chi connectivity index (χ0n) is 10.4. The van der Waals surface area contributed by atoms with E-state index >= 15 is 0 Å². The van der Waals surface area contributed by atoms with Gasteiger partial charge in [-0.05, 0) is 36.8 Å². The van der Waals surface area contributed by atoms with Crippen molar-refractivity contribution in [2.45, 2.75) is 31.7 Å². The molecule has 1 unspecified atom stereocenters. The van der Waals surface area contributed by atoms with E-state index in [1.807, 2.05) is 18.2 Å². The van der Waals surface area contributed by atoms with Crippen LogP contribution in [0.1, 0.15) is 42.9 Å². The van der Waals surface area contributed by atoms with Gasteiger partial charge in [-0.1, -0.05) is 24.3 Å². The highest BCUT2D eigenvalue weighted by Crippen LogP contribution is 2.40. The maximum absolute atomic E-state index is 11.4. The van der Waals surface area contributed by atoms with E-state index in [-0.39, 0.29) is 0 Å². The van der Waals surface area contributed by atoms with Crippen molar-refractivity contribution < 1.29 is 14.7 Å². The smallest absolute Gasteiger partial charge is 0.331 e. The molecule has 18 heavy (non-hydrogen) atoms. The minimum absolute atomic E-state index is 0.383. The van der Waals surface area contributed by atoms with Gasteiger partial charge in [0, 0.05) is 6.54 Å². The van der Waals surface area contributed by atoms with Crippen LogP contribution in [-0.4, -0.2) is 28.9 Å². The molecule has 1 aliphatic rings. The van der Waals surface area contributed by atoms with Crippen LogP contribution >= 0.6 is 0 Å². The van der Waals surface area contributed by atoms with Crippen LogP contribution in [0.4, 0.5) is 0 Å². The van der Waals surface area contributed by atoms with E-state index in [2.05, 4.69) is 0 Å². The molecular formula is C14H17NO3. The van der Waals surface area contributed by atoms with Crippen molar-refractivity contribution in [3.8, 4) is 0 Å². The van der Waals surface area contributed by atoms with Crippen molar-refractivity contribution >= 4 is 12.4 Å². The van der Waals surface area contributed by atoms with E-state index in [4.69, 9.17) is 0 Å². The molecule has 1 fully saturated rings. The largest absolute Gasteiger partial charge is 0.479 e. The normalized spacial score (nSPS) is 16.1. The zero-order chi connectivity index (χ0) is 13.1. The Kier molecular flexibility index (Phi) is 3.65. The number of carbonyl (C=O) groups is 2. The fourth-order valence-corrected chi connectivity index (χ4v) is 2.19. The third-order valence-corrected chi connectivity index (χ3v) is 3.34. The van der Waals surface area contributed by atoms with Gasteiger partial charge in [-0.15, -0.1) is 0 Å². The highest BCUT2D eigenvalue weighted by molar-refractivity contribution is 5.78. The summed E-state index contributed by atoms with van der Waals surface area (Å²) in [5.74, 6) is -0.414. The Balaban J connectivity index is 2.32. The van der Waals surface area contributed by atoms with Gasteiger partial charge in [0.15, 0.2) is 6.04 Å². The lowest BCUT2D eigenvalue weighted by atomic mass is 10.0. The molecular weight excluding hydrogens is 230 g/mol. The fourth-order valence-electron chi connectivity index (χ4n) is 2.19. The van der Waals surface area contributed by atoms with Crippen molar-refractivity contribution in [3.63, 3.8) is 0 Å². The van der Waals surface area contributed by atoms with Gasteiger partial charge < -0.3 is 10.0 Å². The van der Waals surface area contributed by atoms with Crippen LogP contribution in [0.2, 0.25) is 0 Å². The Hall–Kier alpha value is -1.84. The molecule has 4 heteroatoms. The second-order valence-corrected chi connectivity index (χ2v) is 4.62. The maximum atomic E-state index is 11.4. The molecule has 0 saturated heterocycles. The van der Waals surface area contributed by atoms with Crippen LogP contribution in [0.5, 0.6) is 0 Å².